The first-order valence-corrected chi connectivity index (χ1v) is 12.2. The number of carbonyl (C=O) groups excluding carboxylic acids is 2. The third kappa shape index (κ3) is 7.52. The number of rotatable bonds is 10. The number of benzene rings is 3. The van der Waals surface area contributed by atoms with E-state index in [9.17, 15) is 14.0 Å². The van der Waals surface area contributed by atoms with E-state index >= 15 is 0 Å². The monoisotopic (exact) mass is 524 g/mol. The minimum atomic E-state index is -0.732. The molecule has 0 spiro atoms. The highest BCUT2D eigenvalue weighted by atomic mass is 79.9. The van der Waals surface area contributed by atoms with E-state index in [1.54, 1.807) is 23.1 Å². The lowest BCUT2D eigenvalue weighted by atomic mass is 10.0. The van der Waals surface area contributed by atoms with Crippen LogP contribution in [0.1, 0.15) is 30.5 Å². The van der Waals surface area contributed by atoms with Crippen molar-refractivity contribution in [3.05, 3.63) is 106 Å². The summed E-state index contributed by atoms with van der Waals surface area (Å²) in [5.41, 5.74) is 2.15. The molecule has 0 aliphatic carbocycles. The molecule has 1 atom stereocenters. The van der Waals surface area contributed by atoms with Crippen molar-refractivity contribution in [1.29, 1.82) is 0 Å². The van der Waals surface area contributed by atoms with Crippen LogP contribution in [0.2, 0.25) is 0 Å². The second kappa shape index (κ2) is 12.5. The second-order valence-corrected chi connectivity index (χ2v) is 9.68. The van der Waals surface area contributed by atoms with E-state index in [1.165, 1.54) is 6.07 Å². The quantitative estimate of drug-likeness (QED) is 0.378. The Morgan fingerprint density at radius 2 is 1.56 bits per heavy atom. The number of hydrogen-bond donors (Lipinski definition) is 1. The fraction of sp³-hybridized carbons (Fsp3) is 0.286. The molecule has 3 aromatic carbocycles. The SMILES string of the molecule is CC(C)CNC(=O)C(Cc1ccccc1)N(Cc1ccc(Br)cc1)C(=O)Cc1ccccc1F. The summed E-state index contributed by atoms with van der Waals surface area (Å²) in [7, 11) is 0. The van der Waals surface area contributed by atoms with Gasteiger partial charge in [0.15, 0.2) is 0 Å². The molecule has 0 radical (unpaired) electrons. The lowest BCUT2D eigenvalue weighted by molar-refractivity contribution is -0.140. The minimum absolute atomic E-state index is 0.119. The lowest BCUT2D eigenvalue weighted by Crippen LogP contribution is -2.51. The van der Waals surface area contributed by atoms with Gasteiger partial charge in [-0.25, -0.2) is 4.39 Å². The molecule has 4 nitrogen and oxygen atoms in total. The van der Waals surface area contributed by atoms with Gasteiger partial charge in [-0.3, -0.25) is 9.59 Å². The van der Waals surface area contributed by atoms with Crippen LogP contribution in [0.3, 0.4) is 0 Å². The largest absolute Gasteiger partial charge is 0.354 e. The van der Waals surface area contributed by atoms with Gasteiger partial charge in [-0.1, -0.05) is 90.4 Å². The zero-order chi connectivity index (χ0) is 24.5. The Balaban J connectivity index is 1.96. The maximum absolute atomic E-state index is 14.3. The molecule has 3 aromatic rings. The van der Waals surface area contributed by atoms with Crippen molar-refractivity contribution in [2.24, 2.45) is 5.92 Å². The number of hydrogen-bond acceptors (Lipinski definition) is 2. The number of nitrogens with one attached hydrogen (secondary N) is 1. The molecule has 0 fully saturated rings. The van der Waals surface area contributed by atoms with Gasteiger partial charge < -0.3 is 10.2 Å². The van der Waals surface area contributed by atoms with Crippen molar-refractivity contribution < 1.29 is 14.0 Å². The predicted octanol–water partition coefficient (Wildman–Crippen LogP) is 5.54. The molecule has 0 heterocycles. The molecule has 6 heteroatoms. The van der Waals surface area contributed by atoms with E-state index in [2.05, 4.69) is 21.2 Å². The molecule has 0 aliphatic heterocycles. The molecular formula is C28H30BrFN2O2. The van der Waals surface area contributed by atoms with E-state index in [1.807, 2.05) is 68.4 Å². The van der Waals surface area contributed by atoms with Crippen LogP contribution in [-0.2, 0) is 29.0 Å². The van der Waals surface area contributed by atoms with E-state index in [0.29, 0.717) is 18.5 Å². The Kier molecular flexibility index (Phi) is 9.40. The Morgan fingerprint density at radius 1 is 0.912 bits per heavy atom. The van der Waals surface area contributed by atoms with Crippen LogP contribution in [0.15, 0.2) is 83.3 Å². The highest BCUT2D eigenvalue weighted by molar-refractivity contribution is 9.10. The van der Waals surface area contributed by atoms with E-state index in [0.717, 1.165) is 15.6 Å². The molecule has 0 aromatic heterocycles. The predicted molar refractivity (Wildman–Crippen MR) is 137 cm³/mol. The van der Waals surface area contributed by atoms with Crippen molar-refractivity contribution in [1.82, 2.24) is 10.2 Å². The molecule has 0 saturated carbocycles. The van der Waals surface area contributed by atoms with E-state index in [-0.39, 0.29) is 30.7 Å². The number of amides is 2. The topological polar surface area (TPSA) is 49.4 Å². The summed E-state index contributed by atoms with van der Waals surface area (Å²) < 4.78 is 15.3. The summed E-state index contributed by atoms with van der Waals surface area (Å²) in [6.45, 7) is 4.80. The van der Waals surface area contributed by atoms with E-state index in [4.69, 9.17) is 0 Å². The highest BCUT2D eigenvalue weighted by Crippen LogP contribution is 2.19. The summed E-state index contributed by atoms with van der Waals surface area (Å²) in [5.74, 6) is -0.663. The molecule has 3 rings (SSSR count). The van der Waals surface area contributed by atoms with Crippen LogP contribution in [0.5, 0.6) is 0 Å². The highest BCUT2D eigenvalue weighted by Gasteiger charge is 2.30. The molecule has 34 heavy (non-hydrogen) atoms. The summed E-state index contributed by atoms with van der Waals surface area (Å²) >= 11 is 3.44. The number of carbonyl (C=O) groups is 2. The molecule has 2 amide bonds. The van der Waals surface area contributed by atoms with Gasteiger partial charge in [0.25, 0.3) is 0 Å². The average Bonchev–Trinajstić information content (AvgIpc) is 2.83. The van der Waals surface area contributed by atoms with Crippen LogP contribution in [-0.4, -0.2) is 29.3 Å². The average molecular weight is 525 g/mol. The third-order valence-corrected chi connectivity index (χ3v) is 6.05. The van der Waals surface area contributed by atoms with Crippen molar-refractivity contribution in [2.75, 3.05) is 6.54 Å². The van der Waals surface area contributed by atoms with Crippen molar-refractivity contribution in [3.63, 3.8) is 0 Å². The smallest absolute Gasteiger partial charge is 0.243 e. The summed E-state index contributed by atoms with van der Waals surface area (Å²) in [6.07, 6.45) is 0.246. The first kappa shape index (κ1) is 25.6. The van der Waals surface area contributed by atoms with Crippen LogP contribution in [0, 0.1) is 11.7 Å². The fourth-order valence-corrected chi connectivity index (χ4v) is 3.93. The van der Waals surface area contributed by atoms with Gasteiger partial charge in [0.05, 0.1) is 6.42 Å². The van der Waals surface area contributed by atoms with Crippen LogP contribution >= 0.6 is 15.9 Å². The lowest BCUT2D eigenvalue weighted by Gasteiger charge is -2.32. The molecular weight excluding hydrogens is 495 g/mol. The van der Waals surface area contributed by atoms with Gasteiger partial charge in [0.2, 0.25) is 11.8 Å². The molecule has 0 bridgehead atoms. The minimum Gasteiger partial charge on any atom is -0.354 e. The Hall–Kier alpha value is -2.99. The van der Waals surface area contributed by atoms with Crippen molar-refractivity contribution in [3.8, 4) is 0 Å². The van der Waals surface area contributed by atoms with Crippen LogP contribution in [0.25, 0.3) is 0 Å². The van der Waals surface area contributed by atoms with E-state index < -0.39 is 11.9 Å². The van der Waals surface area contributed by atoms with Gasteiger partial charge in [-0.05, 0) is 40.8 Å². The number of nitrogens with zero attached hydrogens (tertiary/aromatic N) is 1. The van der Waals surface area contributed by atoms with Gasteiger partial charge in [-0.2, -0.15) is 0 Å². The molecule has 178 valence electrons. The molecule has 1 unspecified atom stereocenters. The first-order chi connectivity index (χ1) is 16.3. The van der Waals surface area contributed by atoms with Crippen LogP contribution in [0.4, 0.5) is 4.39 Å². The maximum Gasteiger partial charge on any atom is 0.243 e. The fourth-order valence-electron chi connectivity index (χ4n) is 3.67. The molecule has 0 saturated heterocycles. The van der Waals surface area contributed by atoms with Crippen molar-refractivity contribution >= 4 is 27.7 Å². The summed E-state index contributed by atoms with van der Waals surface area (Å²) in [4.78, 5) is 28.5. The number of halogens is 2. The van der Waals surface area contributed by atoms with Gasteiger partial charge >= 0.3 is 0 Å². The first-order valence-electron chi connectivity index (χ1n) is 11.4. The standard InChI is InChI=1S/C28H30BrFN2O2/c1-20(2)18-31-28(34)26(16-21-8-4-3-5-9-21)32(19-22-12-14-24(29)15-13-22)27(33)17-23-10-6-7-11-25(23)30/h3-15,20,26H,16-19H2,1-2H3,(H,31,34). The van der Waals surface area contributed by atoms with Gasteiger partial charge in [0, 0.05) is 24.0 Å². The van der Waals surface area contributed by atoms with Crippen molar-refractivity contribution in [2.45, 2.75) is 39.3 Å². The Labute approximate surface area is 209 Å². The molecule has 0 aliphatic rings. The van der Waals surface area contributed by atoms with Gasteiger partial charge in [0.1, 0.15) is 11.9 Å². The summed E-state index contributed by atoms with van der Waals surface area (Å²) in [5, 5.41) is 2.99. The van der Waals surface area contributed by atoms with Crippen LogP contribution < -0.4 is 5.32 Å². The van der Waals surface area contributed by atoms with Gasteiger partial charge in [-0.15, -0.1) is 0 Å². The zero-order valence-corrected chi connectivity index (χ0v) is 21.1. The third-order valence-electron chi connectivity index (χ3n) is 5.52. The molecule has 1 N–H and O–H groups in total. The normalized spacial score (nSPS) is 11.8. The second-order valence-electron chi connectivity index (χ2n) is 8.76. The Bertz CT molecular complexity index is 1090. The zero-order valence-electron chi connectivity index (χ0n) is 19.5. The maximum atomic E-state index is 14.3. The Morgan fingerprint density at radius 3 is 2.21 bits per heavy atom. The summed E-state index contributed by atoms with van der Waals surface area (Å²) in [6, 6.07) is 22.8.